The van der Waals surface area contributed by atoms with E-state index in [0.717, 1.165) is 25.6 Å². The van der Waals surface area contributed by atoms with Gasteiger partial charge < -0.3 is 5.32 Å². The number of nitriles is 1. The molecule has 20 heavy (non-hydrogen) atoms. The molecule has 1 aromatic rings. The molecule has 0 radical (unpaired) electrons. The average Bonchev–Trinajstić information content (AvgIpc) is 2.52. The molecule has 0 amide bonds. The van der Waals surface area contributed by atoms with Crippen molar-refractivity contribution in [3.05, 3.63) is 35.9 Å². The minimum atomic E-state index is 0.270. The number of hydrogen-bond donors (Lipinski definition) is 1. The van der Waals surface area contributed by atoms with Crippen LogP contribution in [0.5, 0.6) is 0 Å². The van der Waals surface area contributed by atoms with E-state index in [0.29, 0.717) is 6.42 Å². The van der Waals surface area contributed by atoms with E-state index < -0.39 is 0 Å². The standard InChI is InChI=1S/C17H25N3/c1-19-12-8-15-9-13-20(14-10-15)17(7-11-18)16-5-3-2-4-6-16/h2-6,15,17,19H,7-10,12-14H2,1H3. The third-order valence-electron chi connectivity index (χ3n) is 4.36. The predicted octanol–water partition coefficient (Wildman–Crippen LogP) is 2.96. The molecule has 1 N–H and O–H groups in total. The Morgan fingerprint density at radius 3 is 2.60 bits per heavy atom. The molecule has 1 aliphatic rings. The summed E-state index contributed by atoms with van der Waals surface area (Å²) in [6, 6.07) is 13.1. The van der Waals surface area contributed by atoms with Crippen LogP contribution in [0.3, 0.4) is 0 Å². The average molecular weight is 271 g/mol. The van der Waals surface area contributed by atoms with Gasteiger partial charge in [-0.1, -0.05) is 30.3 Å². The second kappa shape index (κ2) is 8.04. The molecular formula is C17H25N3. The number of benzene rings is 1. The largest absolute Gasteiger partial charge is 0.320 e. The molecular weight excluding hydrogens is 246 g/mol. The first-order valence-corrected chi connectivity index (χ1v) is 7.65. The summed E-state index contributed by atoms with van der Waals surface area (Å²) < 4.78 is 0. The highest BCUT2D eigenvalue weighted by Gasteiger charge is 2.25. The van der Waals surface area contributed by atoms with Crippen LogP contribution >= 0.6 is 0 Å². The number of nitrogens with one attached hydrogen (secondary N) is 1. The molecule has 0 spiro atoms. The van der Waals surface area contributed by atoms with Gasteiger partial charge in [-0.15, -0.1) is 0 Å². The summed E-state index contributed by atoms with van der Waals surface area (Å²) in [4.78, 5) is 2.49. The fourth-order valence-electron chi connectivity index (χ4n) is 3.12. The molecule has 1 saturated heterocycles. The third-order valence-corrected chi connectivity index (χ3v) is 4.36. The summed E-state index contributed by atoms with van der Waals surface area (Å²) in [5.41, 5.74) is 1.28. The first-order valence-electron chi connectivity index (χ1n) is 7.65. The van der Waals surface area contributed by atoms with Crippen molar-refractivity contribution in [2.45, 2.75) is 31.7 Å². The Morgan fingerprint density at radius 1 is 1.30 bits per heavy atom. The molecule has 1 heterocycles. The molecule has 0 aromatic heterocycles. The predicted molar refractivity (Wildman–Crippen MR) is 82.3 cm³/mol. The van der Waals surface area contributed by atoms with Gasteiger partial charge in [0, 0.05) is 6.04 Å². The minimum absolute atomic E-state index is 0.270. The first-order chi connectivity index (χ1) is 9.85. The summed E-state index contributed by atoms with van der Waals surface area (Å²) in [6.45, 7) is 3.36. The molecule has 0 bridgehead atoms. The van der Waals surface area contributed by atoms with Crippen LogP contribution in [0, 0.1) is 17.2 Å². The number of rotatable bonds is 6. The molecule has 1 aliphatic heterocycles. The van der Waals surface area contributed by atoms with Crippen LogP contribution in [0.2, 0.25) is 0 Å². The zero-order valence-electron chi connectivity index (χ0n) is 12.4. The number of likely N-dealkylation sites (tertiary alicyclic amines) is 1. The van der Waals surface area contributed by atoms with Gasteiger partial charge in [-0.05, 0) is 57.4 Å². The fraction of sp³-hybridized carbons (Fsp3) is 0.588. The van der Waals surface area contributed by atoms with E-state index in [-0.39, 0.29) is 6.04 Å². The van der Waals surface area contributed by atoms with Gasteiger partial charge in [-0.3, -0.25) is 4.90 Å². The molecule has 0 saturated carbocycles. The third kappa shape index (κ3) is 4.06. The highest BCUT2D eigenvalue weighted by Crippen LogP contribution is 2.29. The Bertz CT molecular complexity index is 416. The van der Waals surface area contributed by atoms with Crippen molar-refractivity contribution in [2.24, 2.45) is 5.92 Å². The lowest BCUT2D eigenvalue weighted by Gasteiger charge is -2.37. The van der Waals surface area contributed by atoms with Crippen LogP contribution < -0.4 is 5.32 Å². The van der Waals surface area contributed by atoms with Crippen LogP contribution in [0.25, 0.3) is 0 Å². The van der Waals surface area contributed by atoms with Crippen molar-refractivity contribution in [1.29, 1.82) is 5.26 Å². The Morgan fingerprint density at radius 2 is 2.00 bits per heavy atom. The summed E-state index contributed by atoms with van der Waals surface area (Å²) in [7, 11) is 2.02. The van der Waals surface area contributed by atoms with Gasteiger partial charge in [-0.25, -0.2) is 0 Å². The lowest BCUT2D eigenvalue weighted by molar-refractivity contribution is 0.130. The van der Waals surface area contributed by atoms with Crippen molar-refractivity contribution in [2.75, 3.05) is 26.7 Å². The molecule has 3 heteroatoms. The normalized spacial score (nSPS) is 18.6. The van der Waals surface area contributed by atoms with Gasteiger partial charge in [0.2, 0.25) is 0 Å². The summed E-state index contributed by atoms with van der Waals surface area (Å²) in [5, 5.41) is 12.4. The summed E-state index contributed by atoms with van der Waals surface area (Å²) in [5.74, 6) is 0.845. The molecule has 2 rings (SSSR count). The van der Waals surface area contributed by atoms with Gasteiger partial charge in [0.25, 0.3) is 0 Å². The number of nitrogens with zero attached hydrogens (tertiary/aromatic N) is 2. The number of piperidine rings is 1. The Kier molecular flexibility index (Phi) is 6.04. The SMILES string of the molecule is CNCCC1CCN(C(CC#N)c2ccccc2)CC1. The van der Waals surface area contributed by atoms with Crippen LogP contribution in [0.1, 0.15) is 37.3 Å². The molecule has 1 atom stereocenters. The number of hydrogen-bond acceptors (Lipinski definition) is 3. The smallest absolute Gasteiger partial charge is 0.0641 e. The van der Waals surface area contributed by atoms with E-state index in [1.54, 1.807) is 0 Å². The molecule has 108 valence electrons. The van der Waals surface area contributed by atoms with Gasteiger partial charge in [0.15, 0.2) is 0 Å². The van der Waals surface area contributed by atoms with Crippen molar-refractivity contribution < 1.29 is 0 Å². The summed E-state index contributed by atoms with van der Waals surface area (Å²) >= 11 is 0. The quantitative estimate of drug-likeness (QED) is 0.864. The molecule has 3 nitrogen and oxygen atoms in total. The molecule has 1 unspecified atom stereocenters. The van der Waals surface area contributed by atoms with E-state index in [1.807, 2.05) is 13.1 Å². The molecule has 1 aromatic carbocycles. The lowest BCUT2D eigenvalue weighted by Crippen LogP contribution is -2.37. The maximum Gasteiger partial charge on any atom is 0.0641 e. The van der Waals surface area contributed by atoms with E-state index in [4.69, 9.17) is 5.26 Å². The maximum absolute atomic E-state index is 9.11. The van der Waals surface area contributed by atoms with Crippen molar-refractivity contribution in [1.82, 2.24) is 10.2 Å². The Labute approximate surface area is 122 Å². The van der Waals surface area contributed by atoms with E-state index >= 15 is 0 Å². The van der Waals surface area contributed by atoms with Crippen LogP contribution in [-0.4, -0.2) is 31.6 Å². The van der Waals surface area contributed by atoms with Gasteiger partial charge >= 0.3 is 0 Å². The van der Waals surface area contributed by atoms with Crippen molar-refractivity contribution >= 4 is 0 Å². The second-order valence-electron chi connectivity index (χ2n) is 5.66. The molecule has 1 fully saturated rings. The van der Waals surface area contributed by atoms with Gasteiger partial charge in [0.1, 0.15) is 0 Å². The van der Waals surface area contributed by atoms with Crippen molar-refractivity contribution in [3.63, 3.8) is 0 Å². The van der Waals surface area contributed by atoms with Crippen LogP contribution in [-0.2, 0) is 0 Å². The Hall–Kier alpha value is -1.37. The monoisotopic (exact) mass is 271 g/mol. The Balaban J connectivity index is 1.94. The zero-order chi connectivity index (χ0) is 14.2. The highest BCUT2D eigenvalue weighted by molar-refractivity contribution is 5.20. The second-order valence-corrected chi connectivity index (χ2v) is 5.66. The first kappa shape index (κ1) is 15.0. The van der Waals surface area contributed by atoms with Crippen molar-refractivity contribution in [3.8, 4) is 6.07 Å². The van der Waals surface area contributed by atoms with Crippen LogP contribution in [0.15, 0.2) is 30.3 Å². The summed E-state index contributed by atoms with van der Waals surface area (Å²) in [6.07, 6.45) is 4.39. The topological polar surface area (TPSA) is 39.1 Å². The molecule has 0 aliphatic carbocycles. The highest BCUT2D eigenvalue weighted by atomic mass is 15.2. The van der Waals surface area contributed by atoms with Crippen LogP contribution in [0.4, 0.5) is 0 Å². The lowest BCUT2D eigenvalue weighted by atomic mass is 9.91. The van der Waals surface area contributed by atoms with E-state index in [9.17, 15) is 0 Å². The fourth-order valence-corrected chi connectivity index (χ4v) is 3.12. The van der Waals surface area contributed by atoms with E-state index in [2.05, 4.69) is 40.6 Å². The zero-order valence-corrected chi connectivity index (χ0v) is 12.4. The van der Waals surface area contributed by atoms with Gasteiger partial charge in [-0.2, -0.15) is 5.26 Å². The van der Waals surface area contributed by atoms with E-state index in [1.165, 1.54) is 24.8 Å². The van der Waals surface area contributed by atoms with Gasteiger partial charge in [0.05, 0.1) is 12.5 Å². The minimum Gasteiger partial charge on any atom is -0.320 e. The maximum atomic E-state index is 9.11.